The van der Waals surface area contributed by atoms with Gasteiger partial charge in [0.05, 0.1) is 17.3 Å². The number of hydrogen-bond donors (Lipinski definition) is 1. The van der Waals surface area contributed by atoms with E-state index < -0.39 is 9.84 Å². The number of thioether (sulfide) groups is 1. The van der Waals surface area contributed by atoms with Crippen molar-refractivity contribution in [2.75, 3.05) is 17.3 Å². The van der Waals surface area contributed by atoms with Crippen LogP contribution in [0.15, 0.2) is 35.5 Å². The highest BCUT2D eigenvalue weighted by Gasteiger charge is 2.36. The molecule has 0 unspecified atom stereocenters. The summed E-state index contributed by atoms with van der Waals surface area (Å²) in [6, 6.07) is 9.42. The van der Waals surface area contributed by atoms with Gasteiger partial charge in [-0.3, -0.25) is 9.89 Å². The van der Waals surface area contributed by atoms with Crippen LogP contribution in [0, 0.1) is 0 Å². The van der Waals surface area contributed by atoms with Gasteiger partial charge in [-0.1, -0.05) is 49.0 Å². The number of aromatic nitrogens is 3. The Morgan fingerprint density at radius 3 is 2.74 bits per heavy atom. The maximum atomic E-state index is 12.8. The molecule has 146 valence electrons. The predicted molar refractivity (Wildman–Crippen MR) is 106 cm³/mol. The van der Waals surface area contributed by atoms with Crippen LogP contribution in [0.2, 0.25) is 0 Å². The van der Waals surface area contributed by atoms with Crippen molar-refractivity contribution in [2.45, 2.75) is 43.9 Å². The SMILES string of the molecule is CC[C@@H](C)N(C(=O)CSc1n[nH]c(-c2ccccc2)n1)[C@H]1CCS(=O)(=O)C1. The van der Waals surface area contributed by atoms with Crippen LogP contribution in [0.25, 0.3) is 11.4 Å². The summed E-state index contributed by atoms with van der Waals surface area (Å²) in [5, 5.41) is 7.56. The van der Waals surface area contributed by atoms with E-state index in [9.17, 15) is 13.2 Å². The fraction of sp³-hybridized carbons (Fsp3) is 0.500. The van der Waals surface area contributed by atoms with Crippen LogP contribution in [0.1, 0.15) is 26.7 Å². The Balaban J connectivity index is 1.65. The van der Waals surface area contributed by atoms with Crippen LogP contribution in [-0.2, 0) is 14.6 Å². The largest absolute Gasteiger partial charge is 0.335 e. The molecule has 1 aliphatic heterocycles. The first-order chi connectivity index (χ1) is 12.9. The monoisotopic (exact) mass is 408 g/mol. The van der Waals surface area contributed by atoms with Gasteiger partial charge < -0.3 is 4.90 Å². The average molecular weight is 409 g/mol. The summed E-state index contributed by atoms with van der Waals surface area (Å²) in [7, 11) is -3.04. The summed E-state index contributed by atoms with van der Waals surface area (Å²) in [4.78, 5) is 19.0. The summed E-state index contributed by atoms with van der Waals surface area (Å²) < 4.78 is 23.7. The lowest BCUT2D eigenvalue weighted by Crippen LogP contribution is -2.47. The Labute approximate surface area is 163 Å². The molecular weight excluding hydrogens is 384 g/mol. The van der Waals surface area contributed by atoms with Gasteiger partial charge in [0, 0.05) is 17.6 Å². The predicted octanol–water partition coefficient (Wildman–Crippen LogP) is 2.38. The van der Waals surface area contributed by atoms with E-state index in [4.69, 9.17) is 0 Å². The number of carbonyl (C=O) groups excluding carboxylic acids is 1. The topological polar surface area (TPSA) is 96.0 Å². The number of sulfone groups is 1. The van der Waals surface area contributed by atoms with Gasteiger partial charge in [-0.25, -0.2) is 13.4 Å². The highest BCUT2D eigenvalue weighted by molar-refractivity contribution is 7.99. The standard InChI is InChI=1S/C18H24N4O3S2/c1-3-13(2)22(15-9-10-27(24,25)12-15)16(23)11-26-18-19-17(20-21-18)14-7-5-4-6-8-14/h4-8,13,15H,3,9-12H2,1-2H3,(H,19,20,21)/t13-,15+/m1/s1. The van der Waals surface area contributed by atoms with Gasteiger partial charge in [0.1, 0.15) is 0 Å². The van der Waals surface area contributed by atoms with Crippen LogP contribution in [0.3, 0.4) is 0 Å². The first kappa shape index (κ1) is 19.9. The summed E-state index contributed by atoms with van der Waals surface area (Å²) >= 11 is 1.26. The lowest BCUT2D eigenvalue weighted by Gasteiger charge is -2.33. The molecule has 0 radical (unpaired) electrons. The summed E-state index contributed by atoms with van der Waals surface area (Å²) in [5.74, 6) is 1.00. The second kappa shape index (κ2) is 8.43. The van der Waals surface area contributed by atoms with Gasteiger partial charge >= 0.3 is 0 Å². The van der Waals surface area contributed by atoms with Crippen molar-refractivity contribution in [3.63, 3.8) is 0 Å². The molecule has 1 fully saturated rings. The Kier molecular flexibility index (Phi) is 6.21. The van der Waals surface area contributed by atoms with Gasteiger partial charge in [0.25, 0.3) is 0 Å². The van der Waals surface area contributed by atoms with Crippen LogP contribution < -0.4 is 0 Å². The minimum atomic E-state index is -3.04. The smallest absolute Gasteiger partial charge is 0.233 e. The molecule has 0 saturated carbocycles. The number of benzene rings is 1. The number of hydrogen-bond acceptors (Lipinski definition) is 6. The van der Waals surface area contributed by atoms with Crippen LogP contribution >= 0.6 is 11.8 Å². The van der Waals surface area contributed by atoms with Gasteiger partial charge in [0.15, 0.2) is 15.7 Å². The number of nitrogens with zero attached hydrogens (tertiary/aromatic N) is 3. The minimum Gasteiger partial charge on any atom is -0.335 e. The fourth-order valence-corrected chi connectivity index (χ4v) is 5.62. The minimum absolute atomic E-state index is 0.00317. The molecule has 7 nitrogen and oxygen atoms in total. The summed E-state index contributed by atoms with van der Waals surface area (Å²) in [6.45, 7) is 3.97. The van der Waals surface area contributed by atoms with Crippen molar-refractivity contribution >= 4 is 27.5 Å². The average Bonchev–Trinajstić information content (AvgIpc) is 3.27. The molecule has 27 heavy (non-hydrogen) atoms. The molecule has 1 aromatic carbocycles. The van der Waals surface area contributed by atoms with Gasteiger partial charge in [-0.05, 0) is 19.8 Å². The highest BCUT2D eigenvalue weighted by Crippen LogP contribution is 2.24. The maximum absolute atomic E-state index is 12.8. The van der Waals surface area contributed by atoms with Crippen LogP contribution in [-0.4, -0.2) is 63.7 Å². The van der Waals surface area contributed by atoms with E-state index in [2.05, 4.69) is 15.2 Å². The van der Waals surface area contributed by atoms with E-state index in [-0.39, 0.29) is 35.2 Å². The summed E-state index contributed by atoms with van der Waals surface area (Å²) in [6.07, 6.45) is 1.30. The third-order valence-corrected chi connectivity index (χ3v) is 7.37. The Morgan fingerprint density at radius 2 is 2.11 bits per heavy atom. The second-order valence-electron chi connectivity index (χ2n) is 6.74. The van der Waals surface area contributed by atoms with E-state index in [1.54, 1.807) is 4.90 Å². The van der Waals surface area contributed by atoms with E-state index in [0.29, 0.717) is 17.4 Å². The lowest BCUT2D eigenvalue weighted by atomic mass is 10.1. The third kappa shape index (κ3) is 4.90. The molecule has 1 amide bonds. The lowest BCUT2D eigenvalue weighted by molar-refractivity contribution is -0.132. The van der Waals surface area contributed by atoms with Gasteiger partial charge in [0.2, 0.25) is 11.1 Å². The first-order valence-corrected chi connectivity index (χ1v) is 11.8. The van der Waals surface area contributed by atoms with Crippen molar-refractivity contribution in [3.8, 4) is 11.4 Å². The Hall–Kier alpha value is -1.87. The zero-order valence-corrected chi connectivity index (χ0v) is 17.1. The molecule has 3 rings (SSSR count). The molecule has 9 heteroatoms. The second-order valence-corrected chi connectivity index (χ2v) is 9.91. The number of rotatable bonds is 7. The van der Waals surface area contributed by atoms with Crippen LogP contribution in [0.4, 0.5) is 0 Å². The number of nitrogens with one attached hydrogen (secondary N) is 1. The van der Waals surface area contributed by atoms with E-state index >= 15 is 0 Å². The molecule has 2 atom stereocenters. The van der Waals surface area contributed by atoms with Crippen molar-refractivity contribution in [3.05, 3.63) is 30.3 Å². The molecule has 0 bridgehead atoms. The summed E-state index contributed by atoms with van der Waals surface area (Å²) in [5.41, 5.74) is 0.931. The Bertz CT molecular complexity index is 883. The molecule has 2 aromatic rings. The number of carbonyl (C=O) groups is 1. The molecule has 1 aliphatic rings. The van der Waals surface area contributed by atoms with Crippen molar-refractivity contribution in [1.29, 1.82) is 0 Å². The number of aromatic amines is 1. The van der Waals surface area contributed by atoms with Crippen molar-refractivity contribution in [2.24, 2.45) is 0 Å². The van der Waals surface area contributed by atoms with Crippen molar-refractivity contribution in [1.82, 2.24) is 20.1 Å². The van der Waals surface area contributed by atoms with E-state index in [1.807, 2.05) is 44.2 Å². The van der Waals surface area contributed by atoms with Gasteiger partial charge in [-0.2, -0.15) is 0 Å². The molecule has 0 spiro atoms. The molecule has 1 N–H and O–H groups in total. The molecular formula is C18H24N4O3S2. The fourth-order valence-electron chi connectivity index (χ4n) is 3.24. The molecule has 1 aromatic heterocycles. The Morgan fingerprint density at radius 1 is 1.37 bits per heavy atom. The molecule has 1 saturated heterocycles. The van der Waals surface area contributed by atoms with E-state index in [1.165, 1.54) is 11.8 Å². The third-order valence-electron chi connectivity index (χ3n) is 4.79. The van der Waals surface area contributed by atoms with Crippen molar-refractivity contribution < 1.29 is 13.2 Å². The van der Waals surface area contributed by atoms with Crippen LogP contribution in [0.5, 0.6) is 0 Å². The quantitative estimate of drug-likeness (QED) is 0.707. The zero-order chi connectivity index (χ0) is 19.4. The number of H-pyrrole nitrogens is 1. The first-order valence-electron chi connectivity index (χ1n) is 9.02. The number of amides is 1. The normalized spacial score (nSPS) is 19.7. The molecule has 2 heterocycles. The highest BCUT2D eigenvalue weighted by atomic mass is 32.2. The van der Waals surface area contributed by atoms with Gasteiger partial charge in [-0.15, -0.1) is 5.10 Å². The maximum Gasteiger partial charge on any atom is 0.233 e. The van der Waals surface area contributed by atoms with E-state index in [0.717, 1.165) is 12.0 Å². The zero-order valence-electron chi connectivity index (χ0n) is 15.5. The molecule has 0 aliphatic carbocycles.